The standard InChI is InChI=1S/C17H15Br2N2O2S4/c1-16(2)17(3,4)21(23)13(20(16)22)8-5-6-9-10(7-8)25-14(24-9)15-26-11(18)12(19)27-15/h5-7H,1-4H3. The van der Waals surface area contributed by atoms with Gasteiger partial charge in [0.25, 0.3) is 0 Å². The van der Waals surface area contributed by atoms with Crippen molar-refractivity contribution in [1.82, 2.24) is 5.06 Å². The molecule has 0 unspecified atom stereocenters. The fraction of sp³-hybridized carbons (Fsp3) is 0.353. The summed E-state index contributed by atoms with van der Waals surface area (Å²) < 4.78 is 5.49. The van der Waals surface area contributed by atoms with Crippen LogP contribution in [0.1, 0.15) is 33.3 Å². The van der Waals surface area contributed by atoms with Crippen molar-refractivity contribution in [3.63, 3.8) is 0 Å². The zero-order valence-corrected chi connectivity index (χ0v) is 21.3. The number of benzene rings is 1. The van der Waals surface area contributed by atoms with Gasteiger partial charge in [0, 0.05) is 15.0 Å². The van der Waals surface area contributed by atoms with E-state index in [0.29, 0.717) is 5.56 Å². The average molecular weight is 567 g/mol. The Bertz CT molecular complexity index is 940. The summed E-state index contributed by atoms with van der Waals surface area (Å²) >= 11 is 13.9. The summed E-state index contributed by atoms with van der Waals surface area (Å²) in [5.41, 5.74) is -0.942. The highest BCUT2D eigenvalue weighted by molar-refractivity contribution is 9.17. The van der Waals surface area contributed by atoms with Gasteiger partial charge >= 0.3 is 5.84 Å². The number of amidine groups is 1. The minimum atomic E-state index is -0.806. The van der Waals surface area contributed by atoms with Crippen LogP contribution in [0.5, 0.6) is 0 Å². The van der Waals surface area contributed by atoms with E-state index in [2.05, 4.69) is 31.9 Å². The topological polar surface area (TPSA) is 49.2 Å². The molecule has 0 spiro atoms. The Morgan fingerprint density at radius 2 is 1.52 bits per heavy atom. The Hall–Kier alpha value is 0.290. The molecule has 10 heteroatoms. The van der Waals surface area contributed by atoms with Crippen LogP contribution in [0.25, 0.3) is 0 Å². The van der Waals surface area contributed by atoms with Gasteiger partial charge in [-0.05, 0) is 77.8 Å². The van der Waals surface area contributed by atoms with E-state index in [9.17, 15) is 10.4 Å². The lowest BCUT2D eigenvalue weighted by Gasteiger charge is -2.32. The van der Waals surface area contributed by atoms with Gasteiger partial charge in [-0.2, -0.15) is 0 Å². The lowest BCUT2D eigenvalue weighted by Crippen LogP contribution is -2.53. The predicted molar refractivity (Wildman–Crippen MR) is 124 cm³/mol. The van der Waals surface area contributed by atoms with Gasteiger partial charge < -0.3 is 5.21 Å². The molecule has 0 aliphatic carbocycles. The SMILES string of the molecule is CC1(C)N([O])C(c2ccc3c(c2)SC(=C2SC(Br)=C(Br)S2)S3)=[N+]([O-])C1(C)C. The summed E-state index contributed by atoms with van der Waals surface area (Å²) in [5.74, 6) is 0.191. The molecule has 3 heterocycles. The molecule has 0 bridgehead atoms. The zero-order valence-electron chi connectivity index (χ0n) is 14.8. The first-order valence-corrected chi connectivity index (χ1v) is 12.9. The Balaban J connectivity index is 1.69. The molecule has 0 saturated carbocycles. The zero-order chi connectivity index (χ0) is 19.7. The number of hydrogen-bond donors (Lipinski definition) is 0. The minimum absolute atomic E-state index is 0.191. The van der Waals surface area contributed by atoms with Gasteiger partial charge in [-0.25, -0.2) is 0 Å². The van der Waals surface area contributed by atoms with Crippen LogP contribution in [0.2, 0.25) is 0 Å². The van der Waals surface area contributed by atoms with Crippen LogP contribution in [0.3, 0.4) is 0 Å². The molecule has 27 heavy (non-hydrogen) atoms. The number of nitrogens with zero attached hydrogens (tertiary/aromatic N) is 2. The van der Waals surface area contributed by atoms with Crippen molar-refractivity contribution in [2.45, 2.75) is 48.6 Å². The lowest BCUT2D eigenvalue weighted by molar-refractivity contribution is -0.539. The molecule has 3 aliphatic rings. The highest BCUT2D eigenvalue weighted by Gasteiger charge is 2.60. The van der Waals surface area contributed by atoms with E-state index in [4.69, 9.17) is 0 Å². The van der Waals surface area contributed by atoms with Crippen molar-refractivity contribution in [3.8, 4) is 0 Å². The third-order valence-electron chi connectivity index (χ3n) is 5.19. The molecule has 0 fully saturated rings. The fourth-order valence-corrected chi connectivity index (χ4v) is 9.65. The molecule has 4 rings (SSSR count). The van der Waals surface area contributed by atoms with Gasteiger partial charge in [0.1, 0.15) is 5.54 Å². The van der Waals surface area contributed by atoms with Crippen LogP contribution in [0.15, 0.2) is 44.1 Å². The number of rotatable bonds is 1. The van der Waals surface area contributed by atoms with Crippen molar-refractivity contribution in [3.05, 3.63) is 45.1 Å². The van der Waals surface area contributed by atoms with Crippen LogP contribution >= 0.6 is 78.9 Å². The molecule has 1 aromatic carbocycles. The van der Waals surface area contributed by atoms with Crippen molar-refractivity contribution in [2.75, 3.05) is 0 Å². The average Bonchev–Trinajstić information content (AvgIpc) is 3.20. The molecule has 4 nitrogen and oxygen atoms in total. The van der Waals surface area contributed by atoms with E-state index in [0.717, 1.165) is 27.2 Å². The summed E-state index contributed by atoms with van der Waals surface area (Å²) in [6.07, 6.45) is 0. The quantitative estimate of drug-likeness (QED) is 0.273. The van der Waals surface area contributed by atoms with Crippen LogP contribution in [0, 0.1) is 5.21 Å². The molecular formula is C17H15Br2N2O2S4. The Morgan fingerprint density at radius 1 is 0.963 bits per heavy atom. The molecule has 0 aromatic heterocycles. The molecule has 1 radical (unpaired) electrons. The fourth-order valence-electron chi connectivity index (χ4n) is 2.81. The number of hydroxylamine groups is 3. The van der Waals surface area contributed by atoms with Crippen LogP contribution < -0.4 is 0 Å². The Labute approximate surface area is 192 Å². The van der Waals surface area contributed by atoms with E-state index < -0.39 is 11.1 Å². The number of hydrogen-bond acceptors (Lipinski definition) is 6. The molecule has 0 atom stereocenters. The van der Waals surface area contributed by atoms with Crippen LogP contribution in [0.4, 0.5) is 0 Å². The lowest BCUT2D eigenvalue weighted by atomic mass is 9.84. The van der Waals surface area contributed by atoms with E-state index in [1.165, 1.54) is 8.47 Å². The molecule has 0 N–H and O–H groups in total. The maximum absolute atomic E-state index is 12.9. The van der Waals surface area contributed by atoms with E-state index >= 15 is 0 Å². The van der Waals surface area contributed by atoms with Gasteiger partial charge in [-0.15, -0.1) is 0 Å². The maximum Gasteiger partial charge on any atom is 0.316 e. The maximum atomic E-state index is 12.9. The second-order valence-corrected chi connectivity index (χ2v) is 14.5. The summed E-state index contributed by atoms with van der Waals surface area (Å²) in [7, 11) is 0. The van der Waals surface area contributed by atoms with Crippen LogP contribution in [-0.4, -0.2) is 26.7 Å². The molecule has 0 saturated heterocycles. The second kappa shape index (κ2) is 6.92. The first-order chi connectivity index (χ1) is 12.5. The van der Waals surface area contributed by atoms with Crippen molar-refractivity contribution < 1.29 is 9.95 Å². The molecule has 143 valence electrons. The smallest absolute Gasteiger partial charge is 0.316 e. The van der Waals surface area contributed by atoms with Gasteiger partial charge in [0.2, 0.25) is 0 Å². The Morgan fingerprint density at radius 3 is 2.07 bits per heavy atom. The summed E-state index contributed by atoms with van der Waals surface area (Å²) in [6, 6.07) is 5.84. The van der Waals surface area contributed by atoms with Gasteiger partial charge in [-0.3, -0.25) is 4.74 Å². The first-order valence-electron chi connectivity index (χ1n) is 8.01. The van der Waals surface area contributed by atoms with Crippen LogP contribution in [-0.2, 0) is 5.21 Å². The van der Waals surface area contributed by atoms with Gasteiger partial charge in [-0.1, -0.05) is 52.1 Å². The predicted octanol–water partition coefficient (Wildman–Crippen LogP) is 6.88. The molecular weight excluding hydrogens is 552 g/mol. The number of fused-ring (bicyclic) bond motifs is 1. The summed E-state index contributed by atoms with van der Waals surface area (Å²) in [6.45, 7) is 7.26. The molecule has 3 aliphatic heterocycles. The third kappa shape index (κ3) is 3.14. The summed E-state index contributed by atoms with van der Waals surface area (Å²) in [5, 5.41) is 26.7. The van der Waals surface area contributed by atoms with E-state index in [-0.39, 0.29) is 5.84 Å². The van der Waals surface area contributed by atoms with Crippen molar-refractivity contribution in [2.24, 2.45) is 0 Å². The van der Waals surface area contributed by atoms with E-state index in [1.54, 1.807) is 47.0 Å². The second-order valence-electron chi connectivity index (χ2n) is 7.22. The third-order valence-corrected chi connectivity index (χ3v) is 13.2. The minimum Gasteiger partial charge on any atom is -0.714 e. The highest BCUT2D eigenvalue weighted by Crippen LogP contribution is 2.62. The largest absolute Gasteiger partial charge is 0.714 e. The number of thioether (sulfide) groups is 4. The van der Waals surface area contributed by atoms with Crippen molar-refractivity contribution >= 4 is 84.7 Å². The molecule has 0 amide bonds. The highest BCUT2D eigenvalue weighted by atomic mass is 79.9. The normalized spacial score (nSPS) is 23.7. The van der Waals surface area contributed by atoms with E-state index in [1.807, 2.05) is 45.9 Å². The Kier molecular flexibility index (Phi) is 5.27. The first kappa shape index (κ1) is 20.6. The van der Waals surface area contributed by atoms with Gasteiger partial charge in [0.05, 0.1) is 21.7 Å². The number of halogens is 2. The monoisotopic (exact) mass is 565 g/mol. The molecule has 1 aromatic rings. The van der Waals surface area contributed by atoms with Gasteiger partial charge in [0.15, 0.2) is 5.54 Å². The summed E-state index contributed by atoms with van der Waals surface area (Å²) in [4.78, 5) is 2.23. The van der Waals surface area contributed by atoms with Crippen molar-refractivity contribution in [1.29, 1.82) is 0 Å².